The summed E-state index contributed by atoms with van der Waals surface area (Å²) in [5.74, 6) is -1.06. The molecule has 0 bridgehead atoms. The maximum atomic E-state index is 11.9. The highest BCUT2D eigenvalue weighted by atomic mass is 16.6. The Hall–Kier alpha value is -1.30. The molecule has 1 aliphatic heterocycles. The predicted octanol–water partition coefficient (Wildman–Crippen LogP) is 1.49. The van der Waals surface area contributed by atoms with E-state index in [9.17, 15) is 9.59 Å². The van der Waals surface area contributed by atoms with Crippen molar-refractivity contribution in [2.24, 2.45) is 0 Å². The van der Waals surface area contributed by atoms with Crippen molar-refractivity contribution in [1.82, 2.24) is 4.90 Å². The average Bonchev–Trinajstić information content (AvgIpc) is 2.65. The van der Waals surface area contributed by atoms with Gasteiger partial charge in [-0.3, -0.25) is 9.69 Å². The Bertz CT molecular complexity index is 304. The lowest BCUT2D eigenvalue weighted by molar-refractivity contribution is -0.138. The van der Waals surface area contributed by atoms with Crippen molar-refractivity contribution in [3.05, 3.63) is 0 Å². The average molecular weight is 259 g/mol. The number of rotatable bonds is 4. The van der Waals surface area contributed by atoms with Gasteiger partial charge in [-0.05, 0) is 33.6 Å². The molecule has 1 N–H and O–H groups in total. The van der Waals surface area contributed by atoms with Crippen molar-refractivity contribution in [2.75, 3.05) is 19.7 Å². The largest absolute Gasteiger partial charge is 0.480 e. The van der Waals surface area contributed by atoms with Crippen molar-refractivity contribution < 1.29 is 24.2 Å². The zero-order valence-corrected chi connectivity index (χ0v) is 11.1. The Morgan fingerprint density at radius 1 is 1.44 bits per heavy atom. The summed E-state index contributed by atoms with van der Waals surface area (Å²) in [5.41, 5.74) is -0.635. The fourth-order valence-electron chi connectivity index (χ4n) is 1.73. The van der Waals surface area contributed by atoms with E-state index in [4.69, 9.17) is 14.6 Å². The molecule has 104 valence electrons. The predicted molar refractivity (Wildman–Crippen MR) is 64.4 cm³/mol. The van der Waals surface area contributed by atoms with Gasteiger partial charge in [0, 0.05) is 6.61 Å². The summed E-state index contributed by atoms with van der Waals surface area (Å²) in [5, 5.41) is 8.81. The molecule has 1 fully saturated rings. The summed E-state index contributed by atoms with van der Waals surface area (Å²) in [4.78, 5) is 23.8. The highest BCUT2D eigenvalue weighted by molar-refractivity contribution is 5.76. The summed E-state index contributed by atoms with van der Waals surface area (Å²) < 4.78 is 10.6. The van der Waals surface area contributed by atoms with E-state index in [-0.39, 0.29) is 19.2 Å². The number of hydrogen-bond donors (Lipinski definition) is 1. The van der Waals surface area contributed by atoms with E-state index in [1.165, 1.54) is 4.90 Å². The Morgan fingerprint density at radius 2 is 2.11 bits per heavy atom. The molecule has 6 heteroatoms. The van der Waals surface area contributed by atoms with Gasteiger partial charge >= 0.3 is 12.1 Å². The number of aliphatic carboxylic acids is 1. The summed E-state index contributed by atoms with van der Waals surface area (Å²) in [7, 11) is 0. The Morgan fingerprint density at radius 3 is 2.56 bits per heavy atom. The third kappa shape index (κ3) is 5.35. The smallest absolute Gasteiger partial charge is 0.410 e. The molecule has 1 rings (SSSR count). The standard InChI is InChI=1S/C12H21NO5/c1-12(2,3)18-11(16)13(8-10(14)15)7-9-5-4-6-17-9/h9H,4-8H2,1-3H3,(H,14,15)/t9-/m1/s1. The Labute approximate surface area is 107 Å². The minimum atomic E-state index is -1.06. The van der Waals surface area contributed by atoms with Crippen LogP contribution in [-0.4, -0.2) is 53.5 Å². The molecule has 1 saturated heterocycles. The van der Waals surface area contributed by atoms with Crippen molar-refractivity contribution in [1.29, 1.82) is 0 Å². The van der Waals surface area contributed by atoms with E-state index in [0.717, 1.165) is 12.8 Å². The molecule has 1 heterocycles. The number of nitrogens with zero attached hydrogens (tertiary/aromatic N) is 1. The SMILES string of the molecule is CC(C)(C)OC(=O)N(CC(=O)O)C[C@H]1CCCO1. The normalized spacial score (nSPS) is 19.6. The molecule has 0 aromatic carbocycles. The fraction of sp³-hybridized carbons (Fsp3) is 0.833. The first-order chi connectivity index (χ1) is 8.28. The molecule has 0 aromatic heterocycles. The molecule has 18 heavy (non-hydrogen) atoms. The quantitative estimate of drug-likeness (QED) is 0.827. The van der Waals surface area contributed by atoms with Crippen LogP contribution in [0.3, 0.4) is 0 Å². The lowest BCUT2D eigenvalue weighted by Gasteiger charge is -2.27. The Balaban J connectivity index is 2.58. The third-order valence-electron chi connectivity index (χ3n) is 2.43. The summed E-state index contributed by atoms with van der Waals surface area (Å²) in [6.07, 6.45) is 1.09. The van der Waals surface area contributed by atoms with Gasteiger partial charge in [-0.15, -0.1) is 0 Å². The topological polar surface area (TPSA) is 76.1 Å². The molecule has 0 saturated carbocycles. The maximum Gasteiger partial charge on any atom is 0.410 e. The number of carbonyl (C=O) groups excluding carboxylic acids is 1. The van der Waals surface area contributed by atoms with Gasteiger partial charge in [0.15, 0.2) is 0 Å². The van der Waals surface area contributed by atoms with Crippen molar-refractivity contribution in [3.63, 3.8) is 0 Å². The van der Waals surface area contributed by atoms with Crippen LogP contribution < -0.4 is 0 Å². The molecule has 0 unspecified atom stereocenters. The van der Waals surface area contributed by atoms with E-state index < -0.39 is 17.7 Å². The molecule has 1 amide bonds. The molecule has 0 aromatic rings. The summed E-state index contributed by atoms with van der Waals surface area (Å²) >= 11 is 0. The minimum absolute atomic E-state index is 0.0862. The molecule has 6 nitrogen and oxygen atoms in total. The van der Waals surface area contributed by atoms with Crippen molar-refractivity contribution >= 4 is 12.1 Å². The number of carboxylic acids is 1. The minimum Gasteiger partial charge on any atom is -0.480 e. The highest BCUT2D eigenvalue weighted by Gasteiger charge is 2.27. The van der Waals surface area contributed by atoms with Gasteiger partial charge in [-0.25, -0.2) is 4.79 Å². The lowest BCUT2D eigenvalue weighted by atomic mass is 10.2. The van der Waals surface area contributed by atoms with E-state index >= 15 is 0 Å². The summed E-state index contributed by atoms with van der Waals surface area (Å²) in [6.45, 7) is 5.80. The van der Waals surface area contributed by atoms with Crippen LogP contribution in [0.25, 0.3) is 0 Å². The highest BCUT2D eigenvalue weighted by Crippen LogP contribution is 2.15. The van der Waals surface area contributed by atoms with Crippen LogP contribution in [0, 0.1) is 0 Å². The molecule has 0 radical (unpaired) electrons. The zero-order chi connectivity index (χ0) is 13.8. The van der Waals surface area contributed by atoms with Crippen LogP contribution in [0.1, 0.15) is 33.6 Å². The van der Waals surface area contributed by atoms with Crippen LogP contribution in [-0.2, 0) is 14.3 Å². The maximum absolute atomic E-state index is 11.9. The van der Waals surface area contributed by atoms with Gasteiger partial charge < -0.3 is 14.6 Å². The molecular formula is C12H21NO5. The second-order valence-corrected chi connectivity index (χ2v) is 5.39. The van der Waals surface area contributed by atoms with E-state index in [0.29, 0.717) is 6.61 Å². The van der Waals surface area contributed by atoms with Gasteiger partial charge in [0.2, 0.25) is 0 Å². The van der Waals surface area contributed by atoms with Gasteiger partial charge in [0.1, 0.15) is 12.1 Å². The van der Waals surface area contributed by atoms with Crippen LogP contribution in [0.4, 0.5) is 4.79 Å². The number of carboxylic acid groups (broad SMARTS) is 1. The first-order valence-electron chi connectivity index (χ1n) is 6.09. The second-order valence-electron chi connectivity index (χ2n) is 5.39. The van der Waals surface area contributed by atoms with E-state index in [1.807, 2.05) is 0 Å². The van der Waals surface area contributed by atoms with Crippen LogP contribution in [0.5, 0.6) is 0 Å². The van der Waals surface area contributed by atoms with Gasteiger partial charge in [-0.1, -0.05) is 0 Å². The van der Waals surface area contributed by atoms with Crippen LogP contribution >= 0.6 is 0 Å². The number of carbonyl (C=O) groups is 2. The van der Waals surface area contributed by atoms with Crippen LogP contribution in [0.2, 0.25) is 0 Å². The van der Waals surface area contributed by atoms with Gasteiger partial charge in [0.05, 0.1) is 12.6 Å². The first-order valence-corrected chi connectivity index (χ1v) is 6.09. The molecule has 0 spiro atoms. The second kappa shape index (κ2) is 6.04. The summed E-state index contributed by atoms with van der Waals surface area (Å²) in [6, 6.07) is 0. The lowest BCUT2D eigenvalue weighted by Crippen LogP contribution is -2.43. The van der Waals surface area contributed by atoms with Crippen molar-refractivity contribution in [3.8, 4) is 0 Å². The third-order valence-corrected chi connectivity index (χ3v) is 2.43. The number of ether oxygens (including phenoxy) is 2. The number of hydrogen-bond acceptors (Lipinski definition) is 4. The van der Waals surface area contributed by atoms with Gasteiger partial charge in [0.25, 0.3) is 0 Å². The molecule has 0 aliphatic carbocycles. The van der Waals surface area contributed by atoms with E-state index in [1.54, 1.807) is 20.8 Å². The molecule has 1 aliphatic rings. The van der Waals surface area contributed by atoms with Gasteiger partial charge in [-0.2, -0.15) is 0 Å². The molecular weight excluding hydrogens is 238 g/mol. The Kier molecular flexibility index (Phi) is 4.95. The zero-order valence-electron chi connectivity index (χ0n) is 11.1. The molecule has 1 atom stereocenters. The monoisotopic (exact) mass is 259 g/mol. The van der Waals surface area contributed by atoms with Crippen molar-refractivity contribution in [2.45, 2.75) is 45.3 Å². The van der Waals surface area contributed by atoms with E-state index in [2.05, 4.69) is 0 Å². The fourth-order valence-corrected chi connectivity index (χ4v) is 1.73. The van der Waals surface area contributed by atoms with Crippen LogP contribution in [0.15, 0.2) is 0 Å². The first kappa shape index (κ1) is 14.8. The number of amides is 1.